The van der Waals surface area contributed by atoms with Crippen LogP contribution >= 0.6 is 0 Å². The van der Waals surface area contributed by atoms with Crippen LogP contribution in [0.4, 0.5) is 13.2 Å². The third kappa shape index (κ3) is 2.45. The van der Waals surface area contributed by atoms with Crippen LogP contribution in [0.3, 0.4) is 0 Å². The Morgan fingerprint density at radius 1 is 1.35 bits per heavy atom. The van der Waals surface area contributed by atoms with Crippen molar-refractivity contribution in [3.05, 3.63) is 35.4 Å². The summed E-state index contributed by atoms with van der Waals surface area (Å²) < 4.78 is 39.1. The van der Waals surface area contributed by atoms with E-state index in [-0.39, 0.29) is 12.0 Å². The smallest absolute Gasteiger partial charge is 0.375 e. The number of halogens is 3. The molecule has 1 aromatic carbocycles. The molecule has 0 bridgehead atoms. The molecule has 0 aromatic heterocycles. The Labute approximate surface area is 98.3 Å². The summed E-state index contributed by atoms with van der Waals surface area (Å²) in [6, 6.07) is 4.31. The van der Waals surface area contributed by atoms with Crippen molar-refractivity contribution in [2.75, 3.05) is 0 Å². The maximum Gasteiger partial charge on any atom is 0.422 e. The zero-order valence-corrected chi connectivity index (χ0v) is 9.75. The molecule has 0 fully saturated rings. The highest BCUT2D eigenvalue weighted by Crippen LogP contribution is 2.41. The fraction of sp³-hybridized carbons (Fsp3) is 0.500. The normalized spacial score (nSPS) is 17.6. The minimum atomic E-state index is -4.80. The summed E-state index contributed by atoms with van der Waals surface area (Å²) in [4.78, 5) is 0. The molecule has 2 unspecified atom stereocenters. The van der Waals surface area contributed by atoms with E-state index in [1.165, 1.54) is 25.1 Å². The molecule has 2 atom stereocenters. The van der Waals surface area contributed by atoms with E-state index in [1.54, 1.807) is 13.0 Å². The molecule has 0 radical (unpaired) electrons. The molecule has 3 N–H and O–H groups in total. The number of hydrogen-bond donors (Lipinski definition) is 2. The van der Waals surface area contributed by atoms with Crippen LogP contribution in [-0.2, 0) is 5.60 Å². The zero-order chi connectivity index (χ0) is 13.3. The summed E-state index contributed by atoms with van der Waals surface area (Å²) in [6.07, 6.45) is -4.76. The molecule has 0 aliphatic carbocycles. The first-order valence-electron chi connectivity index (χ1n) is 5.35. The van der Waals surface area contributed by atoms with Gasteiger partial charge in [-0.1, -0.05) is 36.8 Å². The molecule has 0 aliphatic rings. The fourth-order valence-corrected chi connectivity index (χ4v) is 1.77. The van der Waals surface area contributed by atoms with Crippen LogP contribution in [-0.4, -0.2) is 17.3 Å². The van der Waals surface area contributed by atoms with Gasteiger partial charge in [-0.15, -0.1) is 0 Å². The summed E-state index contributed by atoms with van der Waals surface area (Å²) in [5.41, 5.74) is 2.90. The Kier molecular flexibility index (Phi) is 3.84. The molecule has 5 heteroatoms. The van der Waals surface area contributed by atoms with Crippen LogP contribution in [0.15, 0.2) is 24.3 Å². The minimum Gasteiger partial charge on any atom is -0.375 e. The molecule has 0 heterocycles. The zero-order valence-electron chi connectivity index (χ0n) is 9.75. The van der Waals surface area contributed by atoms with Crippen molar-refractivity contribution in [3.63, 3.8) is 0 Å². The third-order valence-corrected chi connectivity index (χ3v) is 2.87. The number of hydrogen-bond acceptors (Lipinski definition) is 2. The fourth-order valence-electron chi connectivity index (χ4n) is 1.77. The molecule has 17 heavy (non-hydrogen) atoms. The van der Waals surface area contributed by atoms with Gasteiger partial charge in [-0.2, -0.15) is 13.2 Å². The molecule has 0 amide bonds. The molecular formula is C12H16F3NO. The van der Waals surface area contributed by atoms with Crippen molar-refractivity contribution in [2.45, 2.75) is 38.1 Å². The Morgan fingerprint density at radius 3 is 2.35 bits per heavy atom. The van der Waals surface area contributed by atoms with E-state index in [0.29, 0.717) is 5.56 Å². The van der Waals surface area contributed by atoms with Crippen LogP contribution in [0.2, 0.25) is 0 Å². The van der Waals surface area contributed by atoms with Crippen molar-refractivity contribution in [1.82, 2.24) is 0 Å². The highest BCUT2D eigenvalue weighted by atomic mass is 19.4. The van der Waals surface area contributed by atoms with Gasteiger partial charge in [0.15, 0.2) is 0 Å². The van der Waals surface area contributed by atoms with E-state index in [2.05, 4.69) is 0 Å². The van der Waals surface area contributed by atoms with Crippen molar-refractivity contribution >= 4 is 0 Å². The third-order valence-electron chi connectivity index (χ3n) is 2.87. The first kappa shape index (κ1) is 14.0. The van der Waals surface area contributed by atoms with Crippen LogP contribution in [0, 0.1) is 6.92 Å². The summed E-state index contributed by atoms with van der Waals surface area (Å²) in [5.74, 6) is 0. The first-order chi connectivity index (χ1) is 7.73. The number of aliphatic hydroxyl groups is 1. The highest BCUT2D eigenvalue weighted by Gasteiger charge is 2.58. The van der Waals surface area contributed by atoms with Gasteiger partial charge in [-0.05, 0) is 18.9 Å². The van der Waals surface area contributed by atoms with Crippen molar-refractivity contribution in [3.8, 4) is 0 Å². The van der Waals surface area contributed by atoms with E-state index in [4.69, 9.17) is 5.73 Å². The quantitative estimate of drug-likeness (QED) is 0.862. The minimum absolute atomic E-state index is 0.0317. The second-order valence-electron chi connectivity index (χ2n) is 4.15. The average molecular weight is 247 g/mol. The molecule has 0 aliphatic heterocycles. The first-order valence-corrected chi connectivity index (χ1v) is 5.35. The molecule has 0 saturated heterocycles. The highest BCUT2D eigenvalue weighted by molar-refractivity contribution is 5.30. The standard InChI is InChI=1S/C12H16F3NO/c1-3-10(16)11(17,12(13,14)15)9-6-4-5-8(2)7-9/h4-7,10,17H,3,16H2,1-2H3. The second kappa shape index (κ2) is 4.66. The Balaban J connectivity index is 3.34. The lowest BCUT2D eigenvalue weighted by Crippen LogP contribution is -2.55. The lowest BCUT2D eigenvalue weighted by atomic mass is 9.84. The number of aryl methyl sites for hydroxylation is 1. The number of benzene rings is 1. The van der Waals surface area contributed by atoms with Gasteiger partial charge in [-0.3, -0.25) is 0 Å². The maximum atomic E-state index is 13.0. The Morgan fingerprint density at radius 2 is 1.94 bits per heavy atom. The predicted molar refractivity (Wildman–Crippen MR) is 59.4 cm³/mol. The monoisotopic (exact) mass is 247 g/mol. The molecule has 1 aromatic rings. The molecule has 96 valence electrons. The lowest BCUT2D eigenvalue weighted by molar-refractivity contribution is -0.274. The number of rotatable bonds is 3. The summed E-state index contributed by atoms with van der Waals surface area (Å²) in [7, 11) is 0. The summed E-state index contributed by atoms with van der Waals surface area (Å²) >= 11 is 0. The van der Waals surface area contributed by atoms with Crippen LogP contribution in [0.25, 0.3) is 0 Å². The van der Waals surface area contributed by atoms with E-state index < -0.39 is 17.8 Å². The van der Waals surface area contributed by atoms with Gasteiger partial charge in [0.25, 0.3) is 0 Å². The number of alkyl halides is 3. The Hall–Kier alpha value is -1.07. The molecule has 2 nitrogen and oxygen atoms in total. The second-order valence-corrected chi connectivity index (χ2v) is 4.15. The summed E-state index contributed by atoms with van der Waals surface area (Å²) in [5, 5.41) is 9.96. The van der Waals surface area contributed by atoms with Crippen LogP contribution in [0.5, 0.6) is 0 Å². The van der Waals surface area contributed by atoms with Crippen molar-refractivity contribution < 1.29 is 18.3 Å². The SMILES string of the molecule is CCC(N)C(O)(c1cccc(C)c1)C(F)(F)F. The van der Waals surface area contributed by atoms with Gasteiger partial charge in [0, 0.05) is 6.04 Å². The topological polar surface area (TPSA) is 46.2 Å². The van der Waals surface area contributed by atoms with Gasteiger partial charge in [-0.25, -0.2) is 0 Å². The molecule has 0 saturated carbocycles. The summed E-state index contributed by atoms with van der Waals surface area (Å²) in [6.45, 7) is 3.18. The Bertz CT molecular complexity index is 392. The lowest BCUT2D eigenvalue weighted by Gasteiger charge is -2.35. The van der Waals surface area contributed by atoms with Crippen molar-refractivity contribution in [2.24, 2.45) is 5.73 Å². The molecule has 1 rings (SSSR count). The van der Waals surface area contributed by atoms with Gasteiger partial charge >= 0.3 is 6.18 Å². The predicted octanol–water partition coefficient (Wildman–Crippen LogP) is 2.48. The van der Waals surface area contributed by atoms with Gasteiger partial charge < -0.3 is 10.8 Å². The van der Waals surface area contributed by atoms with Gasteiger partial charge in [0.1, 0.15) is 0 Å². The van der Waals surface area contributed by atoms with E-state index in [9.17, 15) is 18.3 Å². The average Bonchev–Trinajstić information content (AvgIpc) is 2.25. The number of nitrogens with two attached hydrogens (primary N) is 1. The van der Waals surface area contributed by atoms with Crippen LogP contribution in [0.1, 0.15) is 24.5 Å². The molecule has 0 spiro atoms. The van der Waals surface area contributed by atoms with Gasteiger partial charge in [0.05, 0.1) is 0 Å². The van der Waals surface area contributed by atoms with E-state index in [1.807, 2.05) is 0 Å². The van der Waals surface area contributed by atoms with Crippen LogP contribution < -0.4 is 5.73 Å². The van der Waals surface area contributed by atoms with E-state index in [0.717, 1.165) is 0 Å². The van der Waals surface area contributed by atoms with Crippen molar-refractivity contribution in [1.29, 1.82) is 0 Å². The molecular weight excluding hydrogens is 231 g/mol. The van der Waals surface area contributed by atoms with E-state index >= 15 is 0 Å². The maximum absolute atomic E-state index is 13.0. The van der Waals surface area contributed by atoms with Gasteiger partial charge in [0.2, 0.25) is 5.60 Å². The largest absolute Gasteiger partial charge is 0.422 e.